The van der Waals surface area contributed by atoms with Crippen molar-refractivity contribution >= 4 is 41.2 Å². The number of esters is 1. The van der Waals surface area contributed by atoms with E-state index >= 15 is 0 Å². The van der Waals surface area contributed by atoms with Gasteiger partial charge < -0.3 is 25.0 Å². The molecule has 4 N–H and O–H groups in total. The molecule has 1 amide bonds. The van der Waals surface area contributed by atoms with Crippen molar-refractivity contribution in [3.8, 4) is 0 Å². The van der Waals surface area contributed by atoms with E-state index in [9.17, 15) is 19.5 Å². The fraction of sp³-hybridized carbons (Fsp3) is 0.688. The first-order valence-electron chi connectivity index (χ1n) is 8.68. The number of ether oxygens (including phenoxy) is 1. The van der Waals surface area contributed by atoms with Gasteiger partial charge in [-0.15, -0.1) is 11.8 Å². The molecule has 0 aromatic rings. The molecule has 3 unspecified atom stereocenters. The summed E-state index contributed by atoms with van der Waals surface area (Å²) in [7, 11) is 1.31. The molecule has 0 spiro atoms. The van der Waals surface area contributed by atoms with Crippen LogP contribution in [0.1, 0.15) is 20.8 Å². The number of β-lactam (4-membered cyclic amide) rings is 1. The summed E-state index contributed by atoms with van der Waals surface area (Å²) in [5.74, 6) is 3.34. The summed E-state index contributed by atoms with van der Waals surface area (Å²) in [6, 6.07) is -0.758. The molecule has 0 bridgehead atoms. The number of rotatable bonds is 7. The number of aliphatic imine (C=N–C) groups is 1. The molecule has 0 saturated carbocycles. The molecule has 4 atom stereocenters. The SMILES string of the molecule is CCOC(=O)C(C)C(=NOC)C(=NC1C(=O)N2CC(C)(C(=O)O)CS[C@H]12)NN. The molecule has 0 aliphatic carbocycles. The van der Waals surface area contributed by atoms with Gasteiger partial charge in [-0.05, 0) is 20.8 Å². The van der Waals surface area contributed by atoms with E-state index in [1.54, 1.807) is 20.8 Å². The van der Waals surface area contributed by atoms with Gasteiger partial charge in [-0.3, -0.25) is 14.4 Å². The molecule has 2 fully saturated rings. The maximum absolute atomic E-state index is 12.5. The van der Waals surface area contributed by atoms with Crippen LogP contribution in [-0.4, -0.2) is 76.8 Å². The Morgan fingerprint density at radius 2 is 2.21 bits per heavy atom. The molecule has 2 aliphatic heterocycles. The minimum Gasteiger partial charge on any atom is -0.481 e. The van der Waals surface area contributed by atoms with Crippen molar-refractivity contribution in [1.82, 2.24) is 10.3 Å². The number of hydrogen-bond donors (Lipinski definition) is 3. The number of carbonyl (C=O) groups is 3. The molecule has 2 rings (SSSR count). The highest BCUT2D eigenvalue weighted by Gasteiger charge is 2.55. The van der Waals surface area contributed by atoms with Crippen LogP contribution in [0.5, 0.6) is 0 Å². The lowest BCUT2D eigenvalue weighted by atomic mass is 9.90. The largest absolute Gasteiger partial charge is 0.481 e. The number of carboxylic acids is 1. The number of fused-ring (bicyclic) bond motifs is 1. The predicted molar refractivity (Wildman–Crippen MR) is 102 cm³/mol. The van der Waals surface area contributed by atoms with Gasteiger partial charge in [0.05, 0.1) is 12.0 Å². The van der Waals surface area contributed by atoms with Crippen molar-refractivity contribution in [2.75, 3.05) is 26.0 Å². The fourth-order valence-electron chi connectivity index (χ4n) is 2.91. The number of hydrazine groups is 1. The summed E-state index contributed by atoms with van der Waals surface area (Å²) in [4.78, 5) is 46.7. The minimum absolute atomic E-state index is 0.0348. The van der Waals surface area contributed by atoms with E-state index in [-0.39, 0.29) is 36.0 Å². The lowest BCUT2D eigenvalue weighted by molar-refractivity contribution is -0.155. The number of amides is 1. The van der Waals surface area contributed by atoms with Gasteiger partial charge in [0.2, 0.25) is 0 Å². The number of carbonyl (C=O) groups excluding carboxylic acids is 2. The third-order valence-electron chi connectivity index (χ3n) is 4.61. The summed E-state index contributed by atoms with van der Waals surface area (Å²) < 4.78 is 4.99. The monoisotopic (exact) mass is 415 g/mol. The van der Waals surface area contributed by atoms with Crippen molar-refractivity contribution in [2.24, 2.45) is 27.3 Å². The molecule has 0 aromatic heterocycles. The molecule has 0 radical (unpaired) electrons. The second kappa shape index (κ2) is 8.78. The number of nitrogens with two attached hydrogens (primary N) is 1. The van der Waals surface area contributed by atoms with Crippen molar-refractivity contribution < 1.29 is 29.1 Å². The van der Waals surface area contributed by atoms with Crippen molar-refractivity contribution in [3.05, 3.63) is 0 Å². The van der Waals surface area contributed by atoms with E-state index < -0.39 is 29.3 Å². The van der Waals surface area contributed by atoms with E-state index in [0.29, 0.717) is 5.75 Å². The number of carboxylic acid groups (broad SMARTS) is 1. The topological polar surface area (TPSA) is 156 Å². The summed E-state index contributed by atoms with van der Waals surface area (Å²) in [5.41, 5.74) is 1.48. The zero-order valence-corrected chi connectivity index (χ0v) is 17.0. The van der Waals surface area contributed by atoms with Crippen LogP contribution in [0.4, 0.5) is 0 Å². The molecule has 11 nitrogen and oxygen atoms in total. The van der Waals surface area contributed by atoms with Gasteiger partial charge in [0.1, 0.15) is 24.1 Å². The Morgan fingerprint density at radius 1 is 1.54 bits per heavy atom. The Bertz CT molecular complexity index is 714. The summed E-state index contributed by atoms with van der Waals surface area (Å²) >= 11 is 1.35. The predicted octanol–water partition coefficient (Wildman–Crippen LogP) is -0.576. The second-order valence-corrected chi connectivity index (χ2v) is 7.84. The van der Waals surface area contributed by atoms with Gasteiger partial charge in [-0.1, -0.05) is 5.16 Å². The maximum Gasteiger partial charge on any atom is 0.315 e. The Kier molecular flexibility index (Phi) is 6.88. The number of nitrogens with one attached hydrogen (secondary N) is 1. The first-order chi connectivity index (χ1) is 13.2. The normalized spacial score (nSPS) is 28.8. The van der Waals surface area contributed by atoms with Crippen LogP contribution in [-0.2, 0) is 24.0 Å². The molecule has 2 heterocycles. The third-order valence-corrected chi connectivity index (χ3v) is 6.27. The summed E-state index contributed by atoms with van der Waals surface area (Å²) in [6.07, 6.45) is 0. The van der Waals surface area contributed by atoms with E-state index in [0.717, 1.165) is 0 Å². The number of thioether (sulfide) groups is 1. The van der Waals surface area contributed by atoms with Crippen LogP contribution in [0.2, 0.25) is 0 Å². The third kappa shape index (κ3) is 4.07. The molecule has 28 heavy (non-hydrogen) atoms. The second-order valence-electron chi connectivity index (χ2n) is 6.73. The van der Waals surface area contributed by atoms with Crippen LogP contribution in [0.25, 0.3) is 0 Å². The van der Waals surface area contributed by atoms with Crippen molar-refractivity contribution in [2.45, 2.75) is 32.2 Å². The van der Waals surface area contributed by atoms with Crippen LogP contribution >= 0.6 is 11.8 Å². The lowest BCUT2D eigenvalue weighted by Crippen LogP contribution is -2.68. The standard InChI is InChI=1S/C16H25N5O6S/c1-5-27-14(23)8(2)9(20-26-4)11(19-17)18-10-12(22)21-6-16(3,15(24)25)7-28-13(10)21/h8,10,13H,5-7,17H2,1-4H3,(H,18,19)(H,24,25)/t8?,10?,13-,16?/m1/s1. The zero-order valence-electron chi connectivity index (χ0n) is 16.2. The number of amidine groups is 1. The molecule has 2 saturated heterocycles. The lowest BCUT2D eigenvalue weighted by Gasteiger charge is -2.51. The van der Waals surface area contributed by atoms with Gasteiger partial charge in [-0.25, -0.2) is 10.8 Å². The van der Waals surface area contributed by atoms with Crippen LogP contribution in [0.15, 0.2) is 10.1 Å². The van der Waals surface area contributed by atoms with Gasteiger partial charge in [-0.2, -0.15) is 0 Å². The van der Waals surface area contributed by atoms with Gasteiger partial charge in [0.25, 0.3) is 5.91 Å². The molecule has 2 aliphatic rings. The van der Waals surface area contributed by atoms with E-state index in [1.807, 2.05) is 0 Å². The van der Waals surface area contributed by atoms with Crippen LogP contribution in [0.3, 0.4) is 0 Å². The van der Waals surface area contributed by atoms with Crippen LogP contribution < -0.4 is 11.3 Å². The van der Waals surface area contributed by atoms with Gasteiger partial charge >= 0.3 is 11.9 Å². The molecular formula is C16H25N5O6S. The van der Waals surface area contributed by atoms with Gasteiger partial charge in [0, 0.05) is 12.3 Å². The number of aliphatic carboxylic acids is 1. The van der Waals surface area contributed by atoms with E-state index in [1.165, 1.54) is 23.8 Å². The Hall–Kier alpha value is -2.34. The first kappa shape index (κ1) is 22.0. The first-order valence-corrected chi connectivity index (χ1v) is 9.73. The number of nitrogens with zero attached hydrogens (tertiary/aromatic N) is 3. The Labute approximate surface area is 166 Å². The molecule has 12 heteroatoms. The maximum atomic E-state index is 12.5. The molecule has 156 valence electrons. The number of oxime groups is 1. The Morgan fingerprint density at radius 3 is 2.75 bits per heavy atom. The summed E-state index contributed by atoms with van der Waals surface area (Å²) in [6.45, 7) is 5.17. The quantitative estimate of drug-likeness (QED) is 0.124. The van der Waals surface area contributed by atoms with Crippen molar-refractivity contribution in [3.63, 3.8) is 0 Å². The minimum atomic E-state index is -0.998. The zero-order chi connectivity index (χ0) is 21.1. The van der Waals surface area contributed by atoms with Gasteiger partial charge in [0.15, 0.2) is 11.9 Å². The highest BCUT2D eigenvalue weighted by Crippen LogP contribution is 2.43. The number of hydrogen-bond acceptors (Lipinski definition) is 9. The molecule has 0 aromatic carbocycles. The Balaban J connectivity index is 2.22. The summed E-state index contributed by atoms with van der Waals surface area (Å²) in [5, 5.41) is 12.9. The van der Waals surface area contributed by atoms with Crippen molar-refractivity contribution in [1.29, 1.82) is 0 Å². The van der Waals surface area contributed by atoms with E-state index in [4.69, 9.17) is 15.4 Å². The van der Waals surface area contributed by atoms with E-state index in [2.05, 4.69) is 15.6 Å². The average Bonchev–Trinajstić information content (AvgIpc) is 2.67. The average molecular weight is 415 g/mol. The fourth-order valence-corrected chi connectivity index (χ4v) is 4.39. The molecular weight excluding hydrogens is 390 g/mol. The highest BCUT2D eigenvalue weighted by molar-refractivity contribution is 8.00. The van der Waals surface area contributed by atoms with Crippen LogP contribution in [0, 0.1) is 11.3 Å². The highest BCUT2D eigenvalue weighted by atomic mass is 32.2. The smallest absolute Gasteiger partial charge is 0.315 e.